The first kappa shape index (κ1) is 10.8. The second kappa shape index (κ2) is 3.86. The Labute approximate surface area is 84.1 Å². The largest absolute Gasteiger partial charge is 0.387 e. The lowest BCUT2D eigenvalue weighted by Gasteiger charge is -2.38. The highest BCUT2D eigenvalue weighted by Gasteiger charge is 2.34. The quantitative estimate of drug-likeness (QED) is 0.420. The summed E-state index contributed by atoms with van der Waals surface area (Å²) in [5, 5.41) is 10.1. The molecule has 0 unspecified atom stereocenters. The second-order valence-corrected chi connectivity index (χ2v) is 4.02. The number of nitrogens with zero attached hydrogens (tertiary/aromatic N) is 1. The number of nitrogens with two attached hydrogens (primary N) is 1. The van der Waals surface area contributed by atoms with E-state index in [-0.39, 0.29) is 17.3 Å². The van der Waals surface area contributed by atoms with Crippen molar-refractivity contribution in [2.75, 3.05) is 20.1 Å². The van der Waals surface area contributed by atoms with E-state index in [1.54, 1.807) is 11.9 Å². The summed E-state index contributed by atoms with van der Waals surface area (Å²) in [5.41, 5.74) is 5.30. The van der Waals surface area contributed by atoms with Crippen molar-refractivity contribution in [3.63, 3.8) is 0 Å². The molecule has 0 radical (unpaired) electrons. The predicted molar refractivity (Wildman–Crippen MR) is 55.3 cm³/mol. The van der Waals surface area contributed by atoms with Crippen LogP contribution in [0.15, 0.2) is 0 Å². The van der Waals surface area contributed by atoms with Gasteiger partial charge in [-0.25, -0.2) is 4.79 Å². The van der Waals surface area contributed by atoms with Crippen LogP contribution in [0.2, 0.25) is 0 Å². The third-order valence-corrected chi connectivity index (χ3v) is 3.02. The SMILES string of the molecule is CNC(=O)N1CCC(C)(C(=N)N)CC1. The maximum absolute atomic E-state index is 11.3. The van der Waals surface area contributed by atoms with Crippen LogP contribution in [0.3, 0.4) is 0 Å². The highest BCUT2D eigenvalue weighted by Crippen LogP contribution is 2.30. The number of hydrogen-bond acceptors (Lipinski definition) is 2. The van der Waals surface area contributed by atoms with E-state index in [4.69, 9.17) is 11.1 Å². The fraction of sp³-hybridized carbons (Fsp3) is 0.778. The Balaban J connectivity index is 2.54. The predicted octanol–water partition coefficient (Wildman–Crippen LogP) is 0.364. The van der Waals surface area contributed by atoms with Crippen molar-refractivity contribution in [1.82, 2.24) is 10.2 Å². The molecule has 1 aliphatic rings. The van der Waals surface area contributed by atoms with Gasteiger partial charge in [-0.05, 0) is 12.8 Å². The Morgan fingerprint density at radius 2 is 2.00 bits per heavy atom. The van der Waals surface area contributed by atoms with E-state index in [2.05, 4.69) is 5.32 Å². The van der Waals surface area contributed by atoms with Crippen LogP contribution in [0.5, 0.6) is 0 Å². The maximum atomic E-state index is 11.3. The molecule has 5 nitrogen and oxygen atoms in total. The zero-order chi connectivity index (χ0) is 10.8. The summed E-state index contributed by atoms with van der Waals surface area (Å²) in [6.07, 6.45) is 1.55. The summed E-state index contributed by atoms with van der Waals surface area (Å²) < 4.78 is 0. The molecule has 0 aromatic carbocycles. The van der Waals surface area contributed by atoms with Crippen LogP contribution in [0.4, 0.5) is 4.79 Å². The molecule has 1 aliphatic heterocycles. The first-order chi connectivity index (χ1) is 6.49. The van der Waals surface area contributed by atoms with E-state index >= 15 is 0 Å². The van der Waals surface area contributed by atoms with E-state index < -0.39 is 0 Å². The van der Waals surface area contributed by atoms with Gasteiger partial charge >= 0.3 is 6.03 Å². The Bertz CT molecular complexity index is 243. The van der Waals surface area contributed by atoms with Crippen LogP contribution in [0.1, 0.15) is 19.8 Å². The molecule has 0 aliphatic carbocycles. The second-order valence-electron chi connectivity index (χ2n) is 4.02. The van der Waals surface area contributed by atoms with Crippen LogP contribution >= 0.6 is 0 Å². The third kappa shape index (κ3) is 1.97. The van der Waals surface area contributed by atoms with Crippen molar-refractivity contribution in [2.24, 2.45) is 11.1 Å². The van der Waals surface area contributed by atoms with Crippen LogP contribution in [-0.4, -0.2) is 36.9 Å². The molecule has 0 saturated carbocycles. The molecule has 2 amide bonds. The van der Waals surface area contributed by atoms with E-state index in [0.717, 1.165) is 12.8 Å². The summed E-state index contributed by atoms with van der Waals surface area (Å²) in [6, 6.07) is -0.0457. The molecule has 1 rings (SSSR count). The Hall–Kier alpha value is -1.26. The lowest BCUT2D eigenvalue weighted by molar-refractivity contribution is 0.161. The number of likely N-dealkylation sites (tertiary alicyclic amines) is 1. The van der Waals surface area contributed by atoms with Crippen molar-refractivity contribution in [1.29, 1.82) is 5.41 Å². The van der Waals surface area contributed by atoms with Crippen molar-refractivity contribution >= 4 is 11.9 Å². The zero-order valence-corrected chi connectivity index (χ0v) is 8.76. The number of nitrogens with one attached hydrogen (secondary N) is 2. The lowest BCUT2D eigenvalue weighted by atomic mass is 9.79. The number of amides is 2. The van der Waals surface area contributed by atoms with Gasteiger partial charge in [0, 0.05) is 25.6 Å². The molecule has 0 bridgehead atoms. The van der Waals surface area contributed by atoms with Gasteiger partial charge in [-0.1, -0.05) is 6.92 Å². The first-order valence-corrected chi connectivity index (χ1v) is 4.81. The summed E-state index contributed by atoms with van der Waals surface area (Å²) in [7, 11) is 1.63. The number of amidine groups is 1. The Morgan fingerprint density at radius 3 is 2.36 bits per heavy atom. The van der Waals surface area contributed by atoms with Gasteiger partial charge in [-0.2, -0.15) is 0 Å². The molecule has 0 atom stereocenters. The zero-order valence-electron chi connectivity index (χ0n) is 8.76. The van der Waals surface area contributed by atoms with Crippen LogP contribution in [-0.2, 0) is 0 Å². The minimum absolute atomic E-state index is 0.0457. The molecule has 5 heteroatoms. The van der Waals surface area contributed by atoms with Crippen LogP contribution in [0, 0.1) is 10.8 Å². The van der Waals surface area contributed by atoms with Gasteiger partial charge in [-0.15, -0.1) is 0 Å². The molecule has 1 fully saturated rings. The molecule has 0 aromatic rings. The van der Waals surface area contributed by atoms with Crippen molar-refractivity contribution in [3.05, 3.63) is 0 Å². The number of carbonyl (C=O) groups excluding carboxylic acids is 1. The van der Waals surface area contributed by atoms with E-state index in [1.807, 2.05) is 6.92 Å². The summed E-state index contributed by atoms with van der Waals surface area (Å²) in [6.45, 7) is 3.34. The molecule has 0 aromatic heterocycles. The Morgan fingerprint density at radius 1 is 1.50 bits per heavy atom. The highest BCUT2D eigenvalue weighted by molar-refractivity contribution is 5.83. The summed E-state index contributed by atoms with van der Waals surface area (Å²) >= 11 is 0. The van der Waals surface area contributed by atoms with E-state index in [9.17, 15) is 4.79 Å². The Kier molecular flexibility index (Phi) is 2.98. The van der Waals surface area contributed by atoms with Gasteiger partial charge in [0.2, 0.25) is 0 Å². The number of piperidine rings is 1. The molecule has 80 valence electrons. The van der Waals surface area contributed by atoms with Crippen LogP contribution < -0.4 is 11.1 Å². The van der Waals surface area contributed by atoms with Gasteiger partial charge in [0.05, 0.1) is 5.84 Å². The van der Waals surface area contributed by atoms with Gasteiger partial charge < -0.3 is 16.0 Å². The van der Waals surface area contributed by atoms with Crippen molar-refractivity contribution in [2.45, 2.75) is 19.8 Å². The lowest BCUT2D eigenvalue weighted by Crippen LogP contribution is -2.49. The van der Waals surface area contributed by atoms with Gasteiger partial charge in [-0.3, -0.25) is 5.41 Å². The molecule has 4 N–H and O–H groups in total. The molecule has 0 spiro atoms. The number of rotatable bonds is 1. The molecular formula is C9H18N4O. The minimum Gasteiger partial charge on any atom is -0.387 e. The number of hydrogen-bond donors (Lipinski definition) is 3. The standard InChI is InChI=1S/C9H18N4O/c1-9(7(10)11)3-5-13(6-4-9)8(14)12-2/h3-6H2,1-2H3,(H3,10,11)(H,12,14). The normalized spacial score (nSPS) is 20.3. The first-order valence-electron chi connectivity index (χ1n) is 4.81. The van der Waals surface area contributed by atoms with Crippen LogP contribution in [0.25, 0.3) is 0 Å². The van der Waals surface area contributed by atoms with Crippen molar-refractivity contribution < 1.29 is 4.79 Å². The maximum Gasteiger partial charge on any atom is 0.317 e. The number of urea groups is 1. The highest BCUT2D eigenvalue weighted by atomic mass is 16.2. The van der Waals surface area contributed by atoms with Gasteiger partial charge in [0.1, 0.15) is 0 Å². The summed E-state index contributed by atoms with van der Waals surface area (Å²) in [4.78, 5) is 13.0. The minimum atomic E-state index is -0.218. The molecule has 1 saturated heterocycles. The average Bonchev–Trinajstić information content (AvgIpc) is 2.17. The average molecular weight is 198 g/mol. The fourth-order valence-corrected chi connectivity index (χ4v) is 1.63. The van der Waals surface area contributed by atoms with E-state index in [1.165, 1.54) is 0 Å². The third-order valence-electron chi connectivity index (χ3n) is 3.02. The monoisotopic (exact) mass is 198 g/mol. The van der Waals surface area contributed by atoms with Gasteiger partial charge in [0.25, 0.3) is 0 Å². The molecule has 1 heterocycles. The van der Waals surface area contributed by atoms with Crippen molar-refractivity contribution in [3.8, 4) is 0 Å². The smallest absolute Gasteiger partial charge is 0.317 e. The molecule has 14 heavy (non-hydrogen) atoms. The molecular weight excluding hydrogens is 180 g/mol. The summed E-state index contributed by atoms with van der Waals surface area (Å²) in [5.74, 6) is 0.231. The fourth-order valence-electron chi connectivity index (χ4n) is 1.63. The van der Waals surface area contributed by atoms with E-state index in [0.29, 0.717) is 13.1 Å². The number of carbonyl (C=O) groups is 1. The van der Waals surface area contributed by atoms with Gasteiger partial charge in [0.15, 0.2) is 0 Å². The topological polar surface area (TPSA) is 82.2 Å².